The molecule has 1 aromatic heterocycles. The molecule has 1 fully saturated rings. The molecule has 3 rings (SSSR count). The normalized spacial score (nSPS) is 25.4. The summed E-state index contributed by atoms with van der Waals surface area (Å²) < 4.78 is 11.7. The van der Waals surface area contributed by atoms with Crippen LogP contribution in [0.25, 0.3) is 0 Å². The Hall–Kier alpha value is -2.86. The van der Waals surface area contributed by atoms with Crippen molar-refractivity contribution in [3.05, 3.63) is 48.0 Å². The molecule has 0 unspecified atom stereocenters. The summed E-state index contributed by atoms with van der Waals surface area (Å²) in [5.74, 6) is -1.76. The zero-order chi connectivity index (χ0) is 20.3. The van der Waals surface area contributed by atoms with Crippen molar-refractivity contribution in [1.82, 2.24) is 14.8 Å². The molecule has 1 amide bonds. The van der Waals surface area contributed by atoms with Gasteiger partial charge in [0, 0.05) is 0 Å². The predicted octanol–water partition coefficient (Wildman–Crippen LogP) is -1.89. The van der Waals surface area contributed by atoms with Crippen molar-refractivity contribution in [1.29, 1.82) is 0 Å². The van der Waals surface area contributed by atoms with Crippen LogP contribution in [0.3, 0.4) is 0 Å². The van der Waals surface area contributed by atoms with Crippen LogP contribution in [0.1, 0.15) is 22.4 Å². The maximum atomic E-state index is 12.1. The molecule has 6 N–H and O–H groups in total. The summed E-state index contributed by atoms with van der Waals surface area (Å²) in [5, 5.41) is 24.1. The highest BCUT2D eigenvalue weighted by Crippen LogP contribution is 2.29. The number of benzene rings is 1. The second-order valence-corrected chi connectivity index (χ2v) is 6.38. The van der Waals surface area contributed by atoms with Crippen LogP contribution in [-0.4, -0.2) is 67.8 Å². The van der Waals surface area contributed by atoms with Crippen molar-refractivity contribution in [2.24, 2.45) is 11.5 Å². The number of ether oxygens (including phenoxy) is 2. The molecule has 150 valence electrons. The van der Waals surface area contributed by atoms with E-state index in [2.05, 4.69) is 10.1 Å². The van der Waals surface area contributed by atoms with E-state index in [1.165, 1.54) is 0 Å². The SMILES string of the molecule is NC(=O)c1ncn([C@@H]2O[C@H](COC(=O)[C@H](N)Cc3ccccc3)[C@@H](O)[C@H]2O)n1. The summed E-state index contributed by atoms with van der Waals surface area (Å²) in [6, 6.07) is 8.34. The van der Waals surface area contributed by atoms with E-state index in [1.54, 1.807) is 0 Å². The van der Waals surface area contributed by atoms with E-state index in [-0.39, 0.29) is 12.4 Å². The number of nitrogens with two attached hydrogens (primary N) is 2. The molecule has 0 bridgehead atoms. The number of hydrogen-bond acceptors (Lipinski definition) is 9. The second kappa shape index (κ2) is 8.44. The number of aromatic nitrogens is 3. The molecule has 11 nitrogen and oxygen atoms in total. The average molecular weight is 391 g/mol. The molecule has 2 heterocycles. The van der Waals surface area contributed by atoms with Gasteiger partial charge in [-0.1, -0.05) is 30.3 Å². The van der Waals surface area contributed by atoms with E-state index in [4.69, 9.17) is 20.9 Å². The molecule has 28 heavy (non-hydrogen) atoms. The predicted molar refractivity (Wildman–Crippen MR) is 93.5 cm³/mol. The first-order valence-electron chi connectivity index (χ1n) is 8.55. The van der Waals surface area contributed by atoms with Gasteiger partial charge in [-0.2, -0.15) is 0 Å². The van der Waals surface area contributed by atoms with Crippen LogP contribution in [-0.2, 0) is 20.7 Å². The fourth-order valence-corrected chi connectivity index (χ4v) is 2.82. The van der Waals surface area contributed by atoms with Crippen molar-refractivity contribution in [2.75, 3.05) is 6.61 Å². The Morgan fingerprint density at radius 1 is 1.25 bits per heavy atom. The molecular weight excluding hydrogens is 370 g/mol. The fraction of sp³-hybridized carbons (Fsp3) is 0.412. The molecule has 0 radical (unpaired) electrons. The number of amides is 1. The molecule has 11 heteroatoms. The highest BCUT2D eigenvalue weighted by molar-refractivity contribution is 5.88. The van der Waals surface area contributed by atoms with Gasteiger partial charge in [-0.05, 0) is 12.0 Å². The van der Waals surface area contributed by atoms with Gasteiger partial charge < -0.3 is 31.2 Å². The first-order valence-corrected chi connectivity index (χ1v) is 8.55. The lowest BCUT2D eigenvalue weighted by Crippen LogP contribution is -2.38. The average Bonchev–Trinajstić information content (AvgIpc) is 3.27. The number of carbonyl (C=O) groups excluding carboxylic acids is 2. The first kappa shape index (κ1) is 19.9. The van der Waals surface area contributed by atoms with Crippen molar-refractivity contribution in [3.8, 4) is 0 Å². The summed E-state index contributed by atoms with van der Waals surface area (Å²) in [5.41, 5.74) is 11.8. The molecule has 0 aliphatic carbocycles. The molecule has 1 aromatic carbocycles. The highest BCUT2D eigenvalue weighted by Gasteiger charge is 2.45. The Kier molecular flexibility index (Phi) is 5.99. The van der Waals surface area contributed by atoms with E-state index < -0.39 is 42.5 Å². The lowest BCUT2D eigenvalue weighted by atomic mass is 10.1. The number of hydrogen-bond donors (Lipinski definition) is 4. The minimum Gasteiger partial charge on any atom is -0.462 e. The Morgan fingerprint density at radius 2 is 1.96 bits per heavy atom. The Balaban J connectivity index is 1.55. The lowest BCUT2D eigenvalue weighted by Gasteiger charge is -2.16. The summed E-state index contributed by atoms with van der Waals surface area (Å²) >= 11 is 0. The van der Waals surface area contributed by atoms with Crippen molar-refractivity contribution < 1.29 is 29.3 Å². The first-order chi connectivity index (χ1) is 13.4. The summed E-state index contributed by atoms with van der Waals surface area (Å²) in [7, 11) is 0. The van der Waals surface area contributed by atoms with Crippen LogP contribution in [0.2, 0.25) is 0 Å². The number of nitrogens with zero attached hydrogens (tertiary/aromatic N) is 3. The van der Waals surface area contributed by atoms with Crippen LogP contribution in [0.5, 0.6) is 0 Å². The number of esters is 1. The van der Waals surface area contributed by atoms with Gasteiger partial charge in [-0.15, -0.1) is 5.10 Å². The molecule has 0 saturated carbocycles. The molecule has 0 spiro atoms. The Bertz CT molecular complexity index is 828. The van der Waals surface area contributed by atoms with Gasteiger partial charge in [0.1, 0.15) is 37.3 Å². The summed E-state index contributed by atoms with van der Waals surface area (Å²) in [4.78, 5) is 26.9. The molecule has 1 saturated heterocycles. The summed E-state index contributed by atoms with van der Waals surface area (Å²) in [6.07, 6.45) is -3.39. The third kappa shape index (κ3) is 4.34. The topological polar surface area (TPSA) is 176 Å². The highest BCUT2D eigenvalue weighted by atomic mass is 16.6. The standard InChI is InChI=1S/C17H21N5O6/c18-10(6-9-4-2-1-3-5-9)17(26)27-7-11-12(23)13(24)16(28-11)22-8-20-15(21-22)14(19)25/h1-5,8,10-13,16,23-24H,6-7,18H2,(H2,19,25)/t10-,11-,12-,13-,16-/m1/s1. The van der Waals surface area contributed by atoms with E-state index >= 15 is 0 Å². The number of rotatable bonds is 7. The minimum absolute atomic E-state index is 0.257. The van der Waals surface area contributed by atoms with Gasteiger partial charge in [0.2, 0.25) is 5.82 Å². The fourth-order valence-electron chi connectivity index (χ4n) is 2.82. The van der Waals surface area contributed by atoms with Gasteiger partial charge in [-0.3, -0.25) is 9.59 Å². The van der Waals surface area contributed by atoms with Crippen LogP contribution in [0.15, 0.2) is 36.7 Å². The number of primary amides is 1. The zero-order valence-electron chi connectivity index (χ0n) is 14.8. The second-order valence-electron chi connectivity index (χ2n) is 6.38. The van der Waals surface area contributed by atoms with E-state index in [1.807, 2.05) is 30.3 Å². The van der Waals surface area contributed by atoms with Crippen LogP contribution in [0.4, 0.5) is 0 Å². The number of aliphatic hydroxyl groups is 2. The lowest BCUT2D eigenvalue weighted by molar-refractivity contribution is -0.151. The number of carbonyl (C=O) groups is 2. The smallest absolute Gasteiger partial charge is 0.323 e. The van der Waals surface area contributed by atoms with Crippen LogP contribution < -0.4 is 11.5 Å². The third-order valence-corrected chi connectivity index (χ3v) is 4.32. The monoisotopic (exact) mass is 391 g/mol. The van der Waals surface area contributed by atoms with Gasteiger partial charge in [-0.25, -0.2) is 9.67 Å². The maximum Gasteiger partial charge on any atom is 0.323 e. The molecule has 1 aliphatic rings. The van der Waals surface area contributed by atoms with Gasteiger partial charge in [0.15, 0.2) is 6.23 Å². The van der Waals surface area contributed by atoms with E-state index in [9.17, 15) is 19.8 Å². The number of aliphatic hydroxyl groups excluding tert-OH is 2. The van der Waals surface area contributed by atoms with E-state index in [0.717, 1.165) is 16.6 Å². The van der Waals surface area contributed by atoms with Gasteiger partial charge >= 0.3 is 5.97 Å². The maximum absolute atomic E-state index is 12.1. The van der Waals surface area contributed by atoms with Crippen LogP contribution >= 0.6 is 0 Å². The Morgan fingerprint density at radius 3 is 2.61 bits per heavy atom. The van der Waals surface area contributed by atoms with Gasteiger partial charge in [0.25, 0.3) is 5.91 Å². The quantitative estimate of drug-likeness (QED) is 0.393. The van der Waals surface area contributed by atoms with E-state index in [0.29, 0.717) is 6.42 Å². The van der Waals surface area contributed by atoms with Crippen molar-refractivity contribution in [2.45, 2.75) is 37.0 Å². The van der Waals surface area contributed by atoms with Crippen molar-refractivity contribution in [3.63, 3.8) is 0 Å². The van der Waals surface area contributed by atoms with Crippen molar-refractivity contribution >= 4 is 11.9 Å². The van der Waals surface area contributed by atoms with Crippen LogP contribution in [0, 0.1) is 0 Å². The Labute approximate surface area is 159 Å². The molecular formula is C17H21N5O6. The minimum atomic E-state index is -1.37. The third-order valence-electron chi connectivity index (χ3n) is 4.32. The molecule has 2 aromatic rings. The molecule has 1 aliphatic heterocycles. The summed E-state index contributed by atoms with van der Waals surface area (Å²) in [6.45, 7) is -0.312. The largest absolute Gasteiger partial charge is 0.462 e. The zero-order valence-corrected chi connectivity index (χ0v) is 14.8. The molecule has 5 atom stereocenters. The van der Waals surface area contributed by atoms with Gasteiger partial charge in [0.05, 0.1) is 0 Å².